The Morgan fingerprint density at radius 1 is 1.33 bits per heavy atom. The summed E-state index contributed by atoms with van der Waals surface area (Å²) in [5.74, 6) is 0.478. The maximum Gasteiger partial charge on any atom is 0.216 e. The molecule has 1 aromatic carbocycles. The highest BCUT2D eigenvalue weighted by atomic mass is 16.6. The molecule has 0 bridgehead atoms. The number of hydrogen-bond donors (Lipinski definition) is 1. The SMILES string of the molecule is COc1ccc(C(C[N+](=O)[O-])c2ccc[nH]2)cc1. The van der Waals surface area contributed by atoms with E-state index in [1.54, 1.807) is 13.3 Å². The quantitative estimate of drug-likeness (QED) is 0.650. The van der Waals surface area contributed by atoms with Crippen molar-refractivity contribution < 1.29 is 9.66 Å². The van der Waals surface area contributed by atoms with E-state index in [0.29, 0.717) is 0 Å². The highest BCUT2D eigenvalue weighted by Gasteiger charge is 2.20. The Balaban J connectivity index is 2.30. The number of nitrogens with one attached hydrogen (secondary N) is 1. The van der Waals surface area contributed by atoms with Gasteiger partial charge in [0.1, 0.15) is 5.75 Å². The first-order valence-electron chi connectivity index (χ1n) is 5.59. The molecule has 0 fully saturated rings. The van der Waals surface area contributed by atoms with E-state index in [1.165, 1.54) is 0 Å². The van der Waals surface area contributed by atoms with Crippen molar-refractivity contribution in [1.82, 2.24) is 4.98 Å². The molecule has 5 heteroatoms. The highest BCUT2D eigenvalue weighted by molar-refractivity contribution is 5.33. The molecule has 18 heavy (non-hydrogen) atoms. The zero-order valence-electron chi connectivity index (χ0n) is 10.00. The lowest BCUT2D eigenvalue weighted by Crippen LogP contribution is -2.14. The second-order valence-corrected chi connectivity index (χ2v) is 3.97. The van der Waals surface area contributed by atoms with Gasteiger partial charge in [-0.2, -0.15) is 0 Å². The number of methoxy groups -OCH3 is 1. The van der Waals surface area contributed by atoms with Crippen LogP contribution in [0.5, 0.6) is 5.75 Å². The van der Waals surface area contributed by atoms with Gasteiger partial charge in [0.2, 0.25) is 6.54 Å². The van der Waals surface area contributed by atoms with Gasteiger partial charge in [0.25, 0.3) is 0 Å². The van der Waals surface area contributed by atoms with Gasteiger partial charge in [-0.05, 0) is 29.8 Å². The molecule has 1 aromatic heterocycles. The molecule has 0 amide bonds. The van der Waals surface area contributed by atoms with Crippen molar-refractivity contribution in [3.05, 3.63) is 64.0 Å². The molecular weight excluding hydrogens is 232 g/mol. The second kappa shape index (κ2) is 5.35. The fourth-order valence-corrected chi connectivity index (χ4v) is 1.93. The predicted octanol–water partition coefficient (Wildman–Crippen LogP) is 2.43. The van der Waals surface area contributed by atoms with Gasteiger partial charge in [-0.15, -0.1) is 0 Å². The Morgan fingerprint density at radius 3 is 2.56 bits per heavy atom. The summed E-state index contributed by atoms with van der Waals surface area (Å²) >= 11 is 0. The molecule has 0 aliphatic rings. The van der Waals surface area contributed by atoms with E-state index in [2.05, 4.69) is 4.98 Å². The van der Waals surface area contributed by atoms with Crippen molar-refractivity contribution in [3.63, 3.8) is 0 Å². The third kappa shape index (κ3) is 2.68. The molecule has 2 rings (SSSR count). The lowest BCUT2D eigenvalue weighted by atomic mass is 9.96. The van der Waals surface area contributed by atoms with E-state index in [0.717, 1.165) is 17.0 Å². The Kier molecular flexibility index (Phi) is 3.62. The van der Waals surface area contributed by atoms with Crippen molar-refractivity contribution in [3.8, 4) is 5.75 Å². The van der Waals surface area contributed by atoms with Crippen LogP contribution in [0.25, 0.3) is 0 Å². The minimum absolute atomic E-state index is 0.132. The molecule has 5 nitrogen and oxygen atoms in total. The molecule has 1 unspecified atom stereocenters. The first-order chi connectivity index (χ1) is 8.70. The summed E-state index contributed by atoms with van der Waals surface area (Å²) in [6.45, 7) is -0.132. The number of nitrogens with zero attached hydrogens (tertiary/aromatic N) is 1. The molecule has 0 radical (unpaired) electrons. The Morgan fingerprint density at radius 2 is 2.06 bits per heavy atom. The van der Waals surface area contributed by atoms with Crippen LogP contribution in [-0.4, -0.2) is 23.6 Å². The number of ether oxygens (including phenoxy) is 1. The van der Waals surface area contributed by atoms with Crippen molar-refractivity contribution in [2.75, 3.05) is 13.7 Å². The minimum Gasteiger partial charge on any atom is -0.497 e. The third-order valence-electron chi connectivity index (χ3n) is 2.85. The molecule has 0 spiro atoms. The minimum atomic E-state index is -0.296. The average molecular weight is 246 g/mol. The molecule has 1 atom stereocenters. The van der Waals surface area contributed by atoms with Gasteiger partial charge in [-0.25, -0.2) is 0 Å². The van der Waals surface area contributed by atoms with E-state index < -0.39 is 0 Å². The van der Waals surface area contributed by atoms with Gasteiger partial charge >= 0.3 is 0 Å². The van der Waals surface area contributed by atoms with Crippen LogP contribution in [0.4, 0.5) is 0 Å². The van der Waals surface area contributed by atoms with Gasteiger partial charge in [-0.1, -0.05) is 12.1 Å². The number of hydrogen-bond acceptors (Lipinski definition) is 3. The topological polar surface area (TPSA) is 68.2 Å². The summed E-state index contributed by atoms with van der Waals surface area (Å²) in [6, 6.07) is 11.0. The number of nitro groups is 1. The Hall–Kier alpha value is -2.30. The van der Waals surface area contributed by atoms with Crippen LogP contribution in [0, 0.1) is 10.1 Å². The van der Waals surface area contributed by atoms with Crippen LogP contribution in [0.1, 0.15) is 17.2 Å². The van der Waals surface area contributed by atoms with E-state index in [4.69, 9.17) is 4.74 Å². The van der Waals surface area contributed by atoms with Crippen LogP contribution in [0.15, 0.2) is 42.6 Å². The molecule has 1 N–H and O–H groups in total. The van der Waals surface area contributed by atoms with E-state index in [-0.39, 0.29) is 17.4 Å². The smallest absolute Gasteiger partial charge is 0.216 e. The van der Waals surface area contributed by atoms with Gasteiger partial charge in [0, 0.05) is 16.8 Å². The molecule has 94 valence electrons. The number of H-pyrrole nitrogens is 1. The van der Waals surface area contributed by atoms with Crippen LogP contribution in [0.3, 0.4) is 0 Å². The Bertz CT molecular complexity index is 506. The second-order valence-electron chi connectivity index (χ2n) is 3.97. The number of benzene rings is 1. The van der Waals surface area contributed by atoms with Crippen LogP contribution in [-0.2, 0) is 0 Å². The molecule has 0 aliphatic heterocycles. The average Bonchev–Trinajstić information content (AvgIpc) is 2.89. The lowest BCUT2D eigenvalue weighted by molar-refractivity contribution is -0.481. The molecule has 0 saturated heterocycles. The monoisotopic (exact) mass is 246 g/mol. The maximum atomic E-state index is 10.8. The first-order valence-corrected chi connectivity index (χ1v) is 5.59. The summed E-state index contributed by atoms with van der Waals surface area (Å²) in [7, 11) is 1.59. The van der Waals surface area contributed by atoms with Crippen LogP contribution < -0.4 is 4.74 Å². The van der Waals surface area contributed by atoms with Crippen molar-refractivity contribution >= 4 is 0 Å². The zero-order valence-corrected chi connectivity index (χ0v) is 10.00. The fourth-order valence-electron chi connectivity index (χ4n) is 1.93. The first kappa shape index (κ1) is 12.2. The van der Waals surface area contributed by atoms with E-state index in [1.807, 2.05) is 36.4 Å². The van der Waals surface area contributed by atoms with Crippen LogP contribution in [0.2, 0.25) is 0 Å². The fraction of sp³-hybridized carbons (Fsp3) is 0.231. The molecule has 0 saturated carbocycles. The molecule has 2 aromatic rings. The molecule has 1 heterocycles. The highest BCUT2D eigenvalue weighted by Crippen LogP contribution is 2.25. The van der Waals surface area contributed by atoms with E-state index in [9.17, 15) is 10.1 Å². The zero-order chi connectivity index (χ0) is 13.0. The van der Waals surface area contributed by atoms with Crippen molar-refractivity contribution in [2.24, 2.45) is 0 Å². The normalized spacial score (nSPS) is 12.1. The molecular formula is C13H14N2O3. The van der Waals surface area contributed by atoms with Crippen LogP contribution >= 0.6 is 0 Å². The predicted molar refractivity (Wildman–Crippen MR) is 67.5 cm³/mol. The number of rotatable bonds is 5. The summed E-state index contributed by atoms with van der Waals surface area (Å²) in [5, 5.41) is 10.8. The summed E-state index contributed by atoms with van der Waals surface area (Å²) < 4.78 is 5.08. The van der Waals surface area contributed by atoms with Gasteiger partial charge in [-0.3, -0.25) is 10.1 Å². The summed E-state index contributed by atoms with van der Waals surface area (Å²) in [5.41, 5.74) is 1.74. The standard InChI is InChI=1S/C13H14N2O3/c1-18-11-6-4-10(5-7-11)12(9-15(16)17)13-3-2-8-14-13/h2-8,12,14H,9H2,1H3. The van der Waals surface area contributed by atoms with Crippen molar-refractivity contribution in [1.29, 1.82) is 0 Å². The summed E-state index contributed by atoms with van der Waals surface area (Å²) in [4.78, 5) is 13.5. The third-order valence-corrected chi connectivity index (χ3v) is 2.85. The van der Waals surface area contributed by atoms with Crippen molar-refractivity contribution in [2.45, 2.75) is 5.92 Å². The van der Waals surface area contributed by atoms with Gasteiger partial charge < -0.3 is 9.72 Å². The summed E-state index contributed by atoms with van der Waals surface area (Å²) in [6.07, 6.45) is 1.77. The Labute approximate surface area is 105 Å². The maximum absolute atomic E-state index is 10.8. The number of aromatic amines is 1. The van der Waals surface area contributed by atoms with Gasteiger partial charge in [0.15, 0.2) is 0 Å². The van der Waals surface area contributed by atoms with Gasteiger partial charge in [0.05, 0.1) is 13.0 Å². The lowest BCUT2D eigenvalue weighted by Gasteiger charge is -2.12. The van der Waals surface area contributed by atoms with E-state index >= 15 is 0 Å². The number of aromatic nitrogens is 1. The molecule has 0 aliphatic carbocycles. The largest absolute Gasteiger partial charge is 0.497 e.